The number of pyridine rings is 1. The number of carbonyl (C=O) groups is 7. The van der Waals surface area contributed by atoms with Crippen molar-refractivity contribution in [2.24, 2.45) is 17.6 Å². The molecule has 1 saturated carbocycles. The summed E-state index contributed by atoms with van der Waals surface area (Å²) in [6.45, 7) is 2.05. The van der Waals surface area contributed by atoms with Crippen LogP contribution < -0.4 is 47.7 Å². The number of amides is 7. The maximum absolute atomic E-state index is 15.4. The summed E-state index contributed by atoms with van der Waals surface area (Å²) in [4.78, 5) is 113. The summed E-state index contributed by atoms with van der Waals surface area (Å²) >= 11 is 0. The molecular formula is C61H77N11O9. The molecule has 1 unspecified atom stereocenters. The second-order valence-corrected chi connectivity index (χ2v) is 22.0. The summed E-state index contributed by atoms with van der Waals surface area (Å²) in [6.07, 6.45) is 10.9. The average Bonchev–Trinajstić information content (AvgIpc) is 4.11. The Morgan fingerprint density at radius 1 is 0.654 bits per heavy atom. The summed E-state index contributed by atoms with van der Waals surface area (Å²) < 4.78 is 12.0. The number of para-hydroxylation sites is 1. The van der Waals surface area contributed by atoms with E-state index in [0.717, 1.165) is 47.7 Å². The van der Waals surface area contributed by atoms with E-state index in [4.69, 9.17) is 15.2 Å². The van der Waals surface area contributed by atoms with Crippen LogP contribution in [0.1, 0.15) is 86.5 Å². The first-order valence-corrected chi connectivity index (χ1v) is 28.8. The number of nitrogens with two attached hydrogens (primary N) is 1. The van der Waals surface area contributed by atoms with Gasteiger partial charge in [0.15, 0.2) is 0 Å². The van der Waals surface area contributed by atoms with Gasteiger partial charge in [0.05, 0.1) is 13.2 Å². The molecule has 430 valence electrons. The number of piperidine rings is 1. The molecule has 2 aromatic heterocycles. The van der Waals surface area contributed by atoms with Crippen LogP contribution in [0.4, 0.5) is 4.79 Å². The monoisotopic (exact) mass is 1110 g/mol. The lowest BCUT2D eigenvalue weighted by Crippen LogP contribution is -2.62. The maximum atomic E-state index is 15.4. The smallest absolute Gasteiger partial charge is 0.407 e. The molecule has 3 saturated heterocycles. The minimum atomic E-state index is -1.34. The number of rotatable bonds is 17. The first kappa shape index (κ1) is 57.8. The molecule has 20 heteroatoms. The highest BCUT2D eigenvalue weighted by molar-refractivity contribution is 5.99. The number of H-pyrrole nitrogens is 1. The third kappa shape index (κ3) is 16.2. The van der Waals surface area contributed by atoms with Gasteiger partial charge in [-0.1, -0.05) is 86.0 Å². The maximum Gasteiger partial charge on any atom is 0.407 e. The molecule has 3 aromatic carbocycles. The Morgan fingerprint density at radius 2 is 1.31 bits per heavy atom. The molecule has 10 N–H and O–H groups in total. The highest BCUT2D eigenvalue weighted by Crippen LogP contribution is 2.27. The number of hydrogen-bond donors (Lipinski definition) is 9. The minimum Gasteiger partial charge on any atom is -0.493 e. The molecule has 81 heavy (non-hydrogen) atoms. The van der Waals surface area contributed by atoms with E-state index in [2.05, 4.69) is 47.2 Å². The number of aryl methyl sites for hydroxylation is 1. The van der Waals surface area contributed by atoms with Crippen LogP contribution in [0.25, 0.3) is 10.9 Å². The van der Waals surface area contributed by atoms with Gasteiger partial charge in [-0.05, 0) is 116 Å². The van der Waals surface area contributed by atoms with Crippen molar-refractivity contribution in [3.05, 3.63) is 132 Å². The van der Waals surface area contributed by atoms with E-state index in [1.54, 1.807) is 30.7 Å². The van der Waals surface area contributed by atoms with Gasteiger partial charge < -0.3 is 62.3 Å². The Bertz CT molecular complexity index is 2910. The third-order valence-electron chi connectivity index (χ3n) is 16.1. The fourth-order valence-electron chi connectivity index (χ4n) is 11.6. The van der Waals surface area contributed by atoms with E-state index in [0.29, 0.717) is 48.9 Å². The van der Waals surface area contributed by atoms with Crippen molar-refractivity contribution in [1.82, 2.24) is 52.1 Å². The van der Waals surface area contributed by atoms with E-state index in [9.17, 15) is 4.79 Å². The number of hydrogen-bond acceptors (Lipinski definition) is 12. The molecular weight excluding hydrogens is 1030 g/mol. The number of alkyl carbamates (subject to hydrolysis) is 1. The molecule has 3 aliphatic heterocycles. The quantitative estimate of drug-likeness (QED) is 0.0646. The lowest BCUT2D eigenvalue weighted by Gasteiger charge is -2.32. The molecule has 7 atom stereocenters. The average molecular weight is 1110 g/mol. The van der Waals surface area contributed by atoms with Gasteiger partial charge >= 0.3 is 6.09 Å². The van der Waals surface area contributed by atoms with E-state index in [1.807, 2.05) is 78.9 Å². The Morgan fingerprint density at radius 3 is 2.05 bits per heavy atom. The van der Waals surface area contributed by atoms with Crippen molar-refractivity contribution in [3.63, 3.8) is 0 Å². The van der Waals surface area contributed by atoms with Crippen molar-refractivity contribution in [3.8, 4) is 5.75 Å². The van der Waals surface area contributed by atoms with Crippen LogP contribution in [0.3, 0.4) is 0 Å². The minimum absolute atomic E-state index is 0.00247. The number of nitrogens with zero attached hydrogens (tertiary/aromatic N) is 2. The van der Waals surface area contributed by atoms with Crippen LogP contribution >= 0.6 is 0 Å². The van der Waals surface area contributed by atoms with Crippen LogP contribution in [0, 0.1) is 11.8 Å². The molecule has 7 amide bonds. The van der Waals surface area contributed by atoms with Crippen LogP contribution in [-0.4, -0.2) is 138 Å². The first-order valence-electron chi connectivity index (χ1n) is 28.8. The van der Waals surface area contributed by atoms with Gasteiger partial charge in [0.25, 0.3) is 0 Å². The zero-order valence-electron chi connectivity index (χ0n) is 45.9. The molecule has 9 rings (SSSR count). The van der Waals surface area contributed by atoms with Crippen molar-refractivity contribution in [1.29, 1.82) is 0 Å². The summed E-state index contributed by atoms with van der Waals surface area (Å²) in [5.41, 5.74) is 9.35. The van der Waals surface area contributed by atoms with Gasteiger partial charge in [0.1, 0.15) is 48.1 Å². The van der Waals surface area contributed by atoms with Crippen molar-refractivity contribution >= 4 is 52.4 Å². The molecule has 4 aliphatic rings. The van der Waals surface area contributed by atoms with Crippen molar-refractivity contribution in [2.75, 3.05) is 39.3 Å². The fourth-order valence-corrected chi connectivity index (χ4v) is 11.6. The molecule has 5 aromatic rings. The highest BCUT2D eigenvalue weighted by atomic mass is 16.6. The van der Waals surface area contributed by atoms with Crippen molar-refractivity contribution in [2.45, 2.75) is 132 Å². The van der Waals surface area contributed by atoms with Gasteiger partial charge in [0.2, 0.25) is 35.4 Å². The zero-order chi connectivity index (χ0) is 56.5. The Balaban J connectivity index is 1.10. The lowest BCUT2D eigenvalue weighted by atomic mass is 9.90. The lowest BCUT2D eigenvalue weighted by molar-refractivity contribution is -0.143. The number of ether oxygens (including phenoxy) is 2. The normalized spacial score (nSPS) is 23.9. The number of fused-ring (bicyclic) bond motifs is 2. The predicted molar refractivity (Wildman–Crippen MR) is 304 cm³/mol. The van der Waals surface area contributed by atoms with Gasteiger partial charge in [0, 0.05) is 68.3 Å². The predicted octanol–water partition coefficient (Wildman–Crippen LogP) is 3.66. The summed E-state index contributed by atoms with van der Waals surface area (Å²) in [6, 6.07) is 20.2. The first-order chi connectivity index (χ1) is 39.5. The van der Waals surface area contributed by atoms with Crippen LogP contribution in [0.15, 0.2) is 110 Å². The third-order valence-corrected chi connectivity index (χ3v) is 16.1. The van der Waals surface area contributed by atoms with Crippen LogP contribution in [-0.2, 0) is 59.2 Å². The summed E-state index contributed by atoms with van der Waals surface area (Å²) in [5.74, 6) is -2.84. The molecule has 0 spiro atoms. The molecule has 4 fully saturated rings. The number of carbonyl (C=O) groups excluding carboxylic acids is 7. The summed E-state index contributed by atoms with van der Waals surface area (Å²) in [5, 5.41) is 21.7. The molecule has 1 aliphatic carbocycles. The largest absolute Gasteiger partial charge is 0.493 e. The molecule has 0 radical (unpaired) electrons. The summed E-state index contributed by atoms with van der Waals surface area (Å²) in [7, 11) is 0. The number of aromatic amines is 1. The van der Waals surface area contributed by atoms with Gasteiger partial charge in [-0.25, -0.2) is 4.79 Å². The molecule has 5 heterocycles. The number of benzene rings is 3. The van der Waals surface area contributed by atoms with Gasteiger partial charge in [-0.2, -0.15) is 0 Å². The van der Waals surface area contributed by atoms with E-state index >= 15 is 28.8 Å². The van der Waals surface area contributed by atoms with E-state index in [-0.39, 0.29) is 64.1 Å². The Hall–Kier alpha value is -7.84. The molecule has 20 nitrogen and oxygen atoms in total. The zero-order valence-corrected chi connectivity index (χ0v) is 45.9. The fraction of sp³-hybridized carbons (Fsp3) is 0.475. The van der Waals surface area contributed by atoms with Gasteiger partial charge in [-0.15, -0.1) is 0 Å². The Labute approximate surface area is 472 Å². The highest BCUT2D eigenvalue weighted by Gasteiger charge is 2.45. The Kier molecular flexibility index (Phi) is 20.4. The van der Waals surface area contributed by atoms with Crippen LogP contribution in [0.2, 0.25) is 0 Å². The standard InChI is InChI=1S/C61H77N11O9/c62-25-29-65-61(79)81-46-34-54-59(77)67-49(22-19-39-10-3-1-4-11-39)55(73)70-52(33-44-36-66-48-16-8-7-15-47(44)48)58(76)69-51(31-41-23-27-63-28-24-41)56(74)68-50(30-40-17-20-45(21-18-40)80-38-42-12-5-2-6-13-42)57(75)71-53(60(78)72(54)37-46)32-43-14-9-26-64-35-43/h1,3-4,7-11,14-18,20-21,26,35-36,41-42,46,49-54,63,66H,2,5-6,12-13,19,22-25,27-34,37-38,62H2,(H,65,79)(H,67,77)(H,68,74)(H,69,76)(H,70,73)(H,71,75)/t46?,49-,50-,51-,52+,53-,54-/m0/s1. The van der Waals surface area contributed by atoms with E-state index in [1.165, 1.54) is 24.2 Å². The number of nitrogens with one attached hydrogen (secondary N) is 8. The van der Waals surface area contributed by atoms with Crippen molar-refractivity contribution < 1.29 is 43.0 Å². The van der Waals surface area contributed by atoms with Crippen LogP contribution in [0.5, 0.6) is 5.75 Å². The van der Waals surface area contributed by atoms with E-state index < -0.39 is 83.9 Å². The SMILES string of the molecule is NCCNC(=O)OC1C[C@H]2C(=O)N[C@@H](CCc3ccccc3)C(=O)N[C@H](Cc3c[nH]c4ccccc34)C(=O)N[C@@H](CC3CCNCC3)C(=O)N[C@@H](Cc3ccc(OCC4CCCCC4)cc3)C(=O)N[C@@H](Cc3cccnc3)C(=O)N2C1. The van der Waals surface area contributed by atoms with Gasteiger partial charge in [-0.3, -0.25) is 33.8 Å². The molecule has 0 bridgehead atoms. The second-order valence-electron chi connectivity index (χ2n) is 22.0. The second kappa shape index (κ2) is 28.5. The topological polar surface area (TPSA) is 280 Å². The number of aromatic nitrogens is 2.